The van der Waals surface area contributed by atoms with Crippen LogP contribution in [-0.4, -0.2) is 35.2 Å². The fourth-order valence-corrected chi connectivity index (χ4v) is 3.88. The van der Waals surface area contributed by atoms with Crippen LogP contribution < -0.4 is 0 Å². The monoisotopic (exact) mass is 342 g/mol. The number of carbonyl (C=O) groups is 2. The van der Waals surface area contributed by atoms with Crippen LogP contribution in [0.5, 0.6) is 0 Å². The van der Waals surface area contributed by atoms with E-state index < -0.39 is 0 Å². The Hall–Kier alpha value is -2.14. The van der Waals surface area contributed by atoms with Gasteiger partial charge < -0.3 is 9.80 Å². The molecule has 0 aliphatic carbocycles. The summed E-state index contributed by atoms with van der Waals surface area (Å²) in [7, 11) is 1.83. The number of nitrogens with zero attached hydrogens (tertiary/aromatic N) is 2. The van der Waals surface area contributed by atoms with E-state index in [0.29, 0.717) is 25.1 Å². The number of amides is 2. The van der Waals surface area contributed by atoms with Crippen molar-refractivity contribution in [2.24, 2.45) is 0 Å². The van der Waals surface area contributed by atoms with E-state index in [1.165, 1.54) is 10.4 Å². The fraction of sp³-hybridized carbons (Fsp3) is 0.368. The lowest BCUT2D eigenvalue weighted by Gasteiger charge is -2.18. The van der Waals surface area contributed by atoms with Crippen LogP contribution in [0, 0.1) is 6.92 Å². The molecule has 2 heterocycles. The molecule has 4 nitrogen and oxygen atoms in total. The molecule has 0 atom stereocenters. The minimum absolute atomic E-state index is 0.0200. The zero-order chi connectivity index (χ0) is 17.1. The molecule has 0 radical (unpaired) electrons. The van der Waals surface area contributed by atoms with Crippen LogP contribution in [0.4, 0.5) is 0 Å². The number of rotatable bonds is 5. The molecule has 3 rings (SSSR count). The molecule has 2 amide bonds. The molecule has 1 fully saturated rings. The Morgan fingerprint density at radius 3 is 2.58 bits per heavy atom. The van der Waals surface area contributed by atoms with Crippen molar-refractivity contribution in [1.29, 1.82) is 0 Å². The molecule has 5 heteroatoms. The number of likely N-dealkylation sites (tertiary alicyclic amines) is 1. The number of aryl methyl sites for hydroxylation is 1. The number of thiophene rings is 1. The highest BCUT2D eigenvalue weighted by molar-refractivity contribution is 7.10. The molecular formula is C19H22N2O2S. The van der Waals surface area contributed by atoms with E-state index in [2.05, 4.69) is 18.4 Å². The first-order valence-electron chi connectivity index (χ1n) is 8.20. The Morgan fingerprint density at radius 1 is 1.25 bits per heavy atom. The highest BCUT2D eigenvalue weighted by atomic mass is 32.1. The molecule has 126 valence electrons. The van der Waals surface area contributed by atoms with Crippen LogP contribution in [-0.2, 0) is 17.9 Å². The van der Waals surface area contributed by atoms with Crippen LogP contribution in [0.25, 0.3) is 0 Å². The molecule has 0 unspecified atom stereocenters. The first-order valence-corrected chi connectivity index (χ1v) is 9.07. The van der Waals surface area contributed by atoms with E-state index >= 15 is 0 Å². The van der Waals surface area contributed by atoms with Gasteiger partial charge in [0.15, 0.2) is 0 Å². The lowest BCUT2D eigenvalue weighted by molar-refractivity contribution is -0.128. The molecule has 0 bridgehead atoms. The summed E-state index contributed by atoms with van der Waals surface area (Å²) in [6.07, 6.45) is 1.60. The summed E-state index contributed by atoms with van der Waals surface area (Å²) in [6.45, 7) is 4.17. The molecule has 1 aromatic heterocycles. The van der Waals surface area contributed by atoms with Gasteiger partial charge in [0, 0.05) is 37.0 Å². The zero-order valence-corrected chi connectivity index (χ0v) is 14.9. The maximum Gasteiger partial charge on any atom is 0.253 e. The van der Waals surface area contributed by atoms with E-state index in [0.717, 1.165) is 18.5 Å². The second-order valence-corrected chi connectivity index (χ2v) is 7.30. The molecule has 0 spiro atoms. The number of hydrogen-bond acceptors (Lipinski definition) is 3. The minimum atomic E-state index is 0.0200. The average Bonchev–Trinajstić information content (AvgIpc) is 3.16. The van der Waals surface area contributed by atoms with E-state index in [1.54, 1.807) is 16.2 Å². The van der Waals surface area contributed by atoms with Gasteiger partial charge in [-0.15, -0.1) is 11.3 Å². The Labute approximate surface area is 146 Å². The Bertz CT molecular complexity index is 736. The molecule has 0 N–H and O–H groups in total. The number of benzene rings is 1. The SMILES string of the molecule is Cc1ccsc1CN(C)C(=O)c1ccc(CN2CCCC2=O)cc1. The van der Waals surface area contributed by atoms with Gasteiger partial charge in [0.2, 0.25) is 5.91 Å². The maximum absolute atomic E-state index is 12.6. The van der Waals surface area contributed by atoms with Gasteiger partial charge in [-0.05, 0) is 48.1 Å². The predicted octanol–water partition coefficient (Wildman–Crippen LogP) is 3.45. The lowest BCUT2D eigenvalue weighted by atomic mass is 10.1. The van der Waals surface area contributed by atoms with Crippen molar-refractivity contribution in [3.63, 3.8) is 0 Å². The van der Waals surface area contributed by atoms with Crippen LogP contribution in [0.1, 0.15) is 39.2 Å². The van der Waals surface area contributed by atoms with Gasteiger partial charge in [-0.2, -0.15) is 0 Å². The van der Waals surface area contributed by atoms with Crippen LogP contribution in [0.15, 0.2) is 35.7 Å². The highest BCUT2D eigenvalue weighted by Gasteiger charge is 2.20. The van der Waals surface area contributed by atoms with Crippen molar-refractivity contribution in [3.05, 3.63) is 57.3 Å². The highest BCUT2D eigenvalue weighted by Crippen LogP contribution is 2.19. The van der Waals surface area contributed by atoms with E-state index in [1.807, 2.05) is 36.2 Å². The summed E-state index contributed by atoms with van der Waals surface area (Å²) in [6, 6.07) is 9.69. The Balaban J connectivity index is 1.63. The van der Waals surface area contributed by atoms with Crippen LogP contribution >= 0.6 is 11.3 Å². The average molecular weight is 342 g/mol. The van der Waals surface area contributed by atoms with Crippen molar-refractivity contribution < 1.29 is 9.59 Å². The molecule has 1 aliphatic heterocycles. The molecule has 1 aromatic carbocycles. The zero-order valence-electron chi connectivity index (χ0n) is 14.1. The van der Waals surface area contributed by atoms with E-state index in [4.69, 9.17) is 0 Å². The van der Waals surface area contributed by atoms with Crippen molar-refractivity contribution in [2.45, 2.75) is 32.9 Å². The van der Waals surface area contributed by atoms with Crippen molar-refractivity contribution in [3.8, 4) is 0 Å². The third-order valence-corrected chi connectivity index (χ3v) is 5.45. The second-order valence-electron chi connectivity index (χ2n) is 6.30. The van der Waals surface area contributed by atoms with Gasteiger partial charge in [-0.3, -0.25) is 9.59 Å². The topological polar surface area (TPSA) is 40.6 Å². The number of carbonyl (C=O) groups excluding carboxylic acids is 2. The van der Waals surface area contributed by atoms with Crippen molar-refractivity contribution >= 4 is 23.2 Å². The molecule has 1 saturated heterocycles. The molecule has 2 aromatic rings. The van der Waals surface area contributed by atoms with Crippen molar-refractivity contribution in [2.75, 3.05) is 13.6 Å². The summed E-state index contributed by atoms with van der Waals surface area (Å²) >= 11 is 1.68. The Morgan fingerprint density at radius 2 is 2.00 bits per heavy atom. The van der Waals surface area contributed by atoms with Gasteiger partial charge in [-0.1, -0.05) is 12.1 Å². The minimum Gasteiger partial charge on any atom is -0.338 e. The van der Waals surface area contributed by atoms with Gasteiger partial charge in [0.05, 0.1) is 6.54 Å². The largest absolute Gasteiger partial charge is 0.338 e. The normalized spacial score (nSPS) is 14.2. The quantitative estimate of drug-likeness (QED) is 0.835. The molecule has 24 heavy (non-hydrogen) atoms. The third-order valence-electron chi connectivity index (χ3n) is 4.44. The van der Waals surface area contributed by atoms with Gasteiger partial charge in [0.25, 0.3) is 5.91 Å². The van der Waals surface area contributed by atoms with Gasteiger partial charge >= 0.3 is 0 Å². The summed E-state index contributed by atoms with van der Waals surface area (Å²) in [5.41, 5.74) is 2.98. The molecule has 1 aliphatic rings. The summed E-state index contributed by atoms with van der Waals surface area (Å²) in [4.78, 5) is 29.1. The van der Waals surface area contributed by atoms with Crippen LogP contribution in [0.2, 0.25) is 0 Å². The molecule has 0 saturated carbocycles. The first-order chi connectivity index (χ1) is 11.5. The lowest BCUT2D eigenvalue weighted by Crippen LogP contribution is -2.26. The Kier molecular flexibility index (Phi) is 5.00. The summed E-state index contributed by atoms with van der Waals surface area (Å²) in [5.74, 6) is 0.243. The predicted molar refractivity (Wildman–Crippen MR) is 95.9 cm³/mol. The smallest absolute Gasteiger partial charge is 0.253 e. The standard InChI is InChI=1S/C19H22N2O2S/c1-14-9-11-24-17(14)13-20(2)19(23)16-7-5-15(6-8-16)12-21-10-3-4-18(21)22/h5-9,11H,3-4,10,12-13H2,1-2H3. The fourth-order valence-electron chi connectivity index (χ4n) is 2.92. The van der Waals surface area contributed by atoms with Gasteiger partial charge in [0.1, 0.15) is 0 Å². The van der Waals surface area contributed by atoms with Crippen molar-refractivity contribution in [1.82, 2.24) is 9.80 Å². The summed E-state index contributed by atoms with van der Waals surface area (Å²) < 4.78 is 0. The van der Waals surface area contributed by atoms with Gasteiger partial charge in [-0.25, -0.2) is 0 Å². The summed E-state index contributed by atoms with van der Waals surface area (Å²) in [5, 5.41) is 2.05. The third kappa shape index (κ3) is 3.67. The van der Waals surface area contributed by atoms with Crippen LogP contribution in [0.3, 0.4) is 0 Å². The van der Waals surface area contributed by atoms with E-state index in [-0.39, 0.29) is 11.8 Å². The molecular weight excluding hydrogens is 320 g/mol. The van der Waals surface area contributed by atoms with E-state index in [9.17, 15) is 9.59 Å². The number of hydrogen-bond donors (Lipinski definition) is 0. The first kappa shape index (κ1) is 16.7. The maximum atomic E-state index is 12.6. The second kappa shape index (κ2) is 7.18.